The summed E-state index contributed by atoms with van der Waals surface area (Å²) in [7, 11) is 0. The molecule has 19 heavy (non-hydrogen) atoms. The molecule has 0 atom stereocenters. The van der Waals surface area contributed by atoms with Crippen molar-refractivity contribution in [3.63, 3.8) is 0 Å². The maximum Gasteiger partial charge on any atom is 0.254 e. The minimum absolute atomic E-state index is 0. The van der Waals surface area contributed by atoms with E-state index in [1.165, 1.54) is 0 Å². The number of alkyl halides is 1. The SMILES string of the molecule is Cc1ccccc1C(=O)N1CCN(CCCl)CC1.Cl. The summed E-state index contributed by atoms with van der Waals surface area (Å²) < 4.78 is 0. The second kappa shape index (κ2) is 7.73. The summed E-state index contributed by atoms with van der Waals surface area (Å²) in [4.78, 5) is 16.6. The van der Waals surface area contributed by atoms with Crippen molar-refractivity contribution in [1.82, 2.24) is 9.80 Å². The van der Waals surface area contributed by atoms with Crippen molar-refractivity contribution >= 4 is 29.9 Å². The minimum atomic E-state index is 0. The number of hydrogen-bond donors (Lipinski definition) is 0. The standard InChI is InChI=1S/C14H19ClN2O.ClH/c1-12-4-2-3-5-13(12)14(18)17-10-8-16(7-6-15)9-11-17;/h2-5H,6-11H2,1H3;1H. The second-order valence-corrected chi connectivity index (χ2v) is 5.02. The van der Waals surface area contributed by atoms with Crippen LogP contribution in [0.2, 0.25) is 0 Å². The summed E-state index contributed by atoms with van der Waals surface area (Å²) >= 11 is 5.73. The molecule has 1 aliphatic heterocycles. The Balaban J connectivity index is 0.00000180. The van der Waals surface area contributed by atoms with Crippen LogP contribution in [-0.2, 0) is 0 Å². The predicted molar refractivity (Wildman–Crippen MR) is 81.5 cm³/mol. The normalized spacial score (nSPS) is 16.0. The smallest absolute Gasteiger partial charge is 0.254 e. The third kappa shape index (κ3) is 4.10. The Bertz CT molecular complexity index is 418. The molecule has 0 aromatic heterocycles. The fraction of sp³-hybridized carbons (Fsp3) is 0.500. The van der Waals surface area contributed by atoms with Gasteiger partial charge in [0.1, 0.15) is 0 Å². The third-order valence-corrected chi connectivity index (χ3v) is 3.60. The van der Waals surface area contributed by atoms with Crippen LogP contribution in [0.15, 0.2) is 24.3 Å². The predicted octanol–water partition coefficient (Wildman–Crippen LogP) is 2.41. The maximum absolute atomic E-state index is 12.4. The van der Waals surface area contributed by atoms with Crippen LogP contribution < -0.4 is 0 Å². The Hall–Kier alpha value is -0.770. The summed E-state index contributed by atoms with van der Waals surface area (Å²) in [5, 5.41) is 0. The van der Waals surface area contributed by atoms with Crippen LogP contribution in [0.1, 0.15) is 15.9 Å². The summed E-state index contributed by atoms with van der Waals surface area (Å²) in [5.41, 5.74) is 1.87. The van der Waals surface area contributed by atoms with Gasteiger partial charge in [0.25, 0.3) is 5.91 Å². The quantitative estimate of drug-likeness (QED) is 0.801. The molecular formula is C14H20Cl2N2O. The molecule has 106 valence electrons. The Labute approximate surface area is 125 Å². The van der Waals surface area contributed by atoms with Crippen molar-refractivity contribution in [1.29, 1.82) is 0 Å². The molecule has 0 N–H and O–H groups in total. The molecule has 1 heterocycles. The molecule has 1 amide bonds. The molecular weight excluding hydrogens is 283 g/mol. The van der Waals surface area contributed by atoms with Crippen LogP contribution in [0.3, 0.4) is 0 Å². The van der Waals surface area contributed by atoms with E-state index in [0.29, 0.717) is 5.88 Å². The van der Waals surface area contributed by atoms with E-state index in [1.54, 1.807) is 0 Å². The van der Waals surface area contributed by atoms with Gasteiger partial charge in [0, 0.05) is 44.2 Å². The Morgan fingerprint density at radius 2 is 1.84 bits per heavy atom. The highest BCUT2D eigenvalue weighted by molar-refractivity contribution is 6.18. The Morgan fingerprint density at radius 1 is 1.21 bits per heavy atom. The highest BCUT2D eigenvalue weighted by atomic mass is 35.5. The van der Waals surface area contributed by atoms with Crippen molar-refractivity contribution < 1.29 is 4.79 Å². The van der Waals surface area contributed by atoms with Gasteiger partial charge >= 0.3 is 0 Å². The molecule has 1 aromatic carbocycles. The van der Waals surface area contributed by atoms with E-state index >= 15 is 0 Å². The Kier molecular flexibility index (Phi) is 6.63. The number of hydrogen-bond acceptors (Lipinski definition) is 2. The third-order valence-electron chi connectivity index (χ3n) is 3.44. The fourth-order valence-corrected chi connectivity index (χ4v) is 2.52. The van der Waals surface area contributed by atoms with Gasteiger partial charge in [0.05, 0.1) is 0 Å². The number of piperazine rings is 1. The minimum Gasteiger partial charge on any atom is -0.336 e. The number of benzene rings is 1. The highest BCUT2D eigenvalue weighted by Gasteiger charge is 2.22. The van der Waals surface area contributed by atoms with Gasteiger partial charge < -0.3 is 4.90 Å². The molecule has 0 spiro atoms. The van der Waals surface area contributed by atoms with Crippen molar-refractivity contribution in [3.8, 4) is 0 Å². The van der Waals surface area contributed by atoms with Gasteiger partial charge in [-0.15, -0.1) is 24.0 Å². The summed E-state index contributed by atoms with van der Waals surface area (Å²) in [6, 6.07) is 7.77. The average molecular weight is 303 g/mol. The molecule has 3 nitrogen and oxygen atoms in total. The van der Waals surface area contributed by atoms with Gasteiger partial charge in [-0.25, -0.2) is 0 Å². The molecule has 1 aromatic rings. The Morgan fingerprint density at radius 3 is 2.42 bits per heavy atom. The van der Waals surface area contributed by atoms with Gasteiger partial charge in [0.2, 0.25) is 0 Å². The molecule has 2 rings (SSSR count). The number of nitrogens with zero attached hydrogens (tertiary/aromatic N) is 2. The molecule has 0 aliphatic carbocycles. The lowest BCUT2D eigenvalue weighted by molar-refractivity contribution is 0.0643. The van der Waals surface area contributed by atoms with Gasteiger partial charge in [-0.1, -0.05) is 18.2 Å². The zero-order chi connectivity index (χ0) is 13.0. The van der Waals surface area contributed by atoms with E-state index in [9.17, 15) is 4.79 Å². The van der Waals surface area contributed by atoms with Crippen LogP contribution in [0.5, 0.6) is 0 Å². The van der Waals surface area contributed by atoms with Crippen molar-refractivity contribution in [2.45, 2.75) is 6.92 Å². The van der Waals surface area contributed by atoms with Crippen molar-refractivity contribution in [2.24, 2.45) is 0 Å². The van der Waals surface area contributed by atoms with Crippen LogP contribution in [0, 0.1) is 6.92 Å². The second-order valence-electron chi connectivity index (χ2n) is 4.64. The molecule has 5 heteroatoms. The van der Waals surface area contributed by atoms with E-state index in [1.807, 2.05) is 36.1 Å². The molecule has 0 saturated carbocycles. The molecule has 1 fully saturated rings. The molecule has 0 radical (unpaired) electrons. The molecule has 1 aliphatic rings. The largest absolute Gasteiger partial charge is 0.336 e. The number of amides is 1. The molecule has 0 unspecified atom stereocenters. The number of carbonyl (C=O) groups is 1. The lowest BCUT2D eigenvalue weighted by Crippen LogP contribution is -2.49. The van der Waals surface area contributed by atoms with Gasteiger partial charge in [-0.05, 0) is 18.6 Å². The van der Waals surface area contributed by atoms with Crippen LogP contribution >= 0.6 is 24.0 Å². The monoisotopic (exact) mass is 302 g/mol. The van der Waals surface area contributed by atoms with Crippen LogP contribution in [0.4, 0.5) is 0 Å². The lowest BCUT2D eigenvalue weighted by Gasteiger charge is -2.34. The lowest BCUT2D eigenvalue weighted by atomic mass is 10.1. The first-order valence-corrected chi connectivity index (χ1v) is 6.89. The highest BCUT2D eigenvalue weighted by Crippen LogP contribution is 2.12. The summed E-state index contributed by atoms with van der Waals surface area (Å²) in [5.74, 6) is 0.810. The van der Waals surface area contributed by atoms with E-state index < -0.39 is 0 Å². The summed E-state index contributed by atoms with van der Waals surface area (Å²) in [6.45, 7) is 6.33. The van der Waals surface area contributed by atoms with Gasteiger partial charge in [0.15, 0.2) is 0 Å². The van der Waals surface area contributed by atoms with Crippen molar-refractivity contribution in [2.75, 3.05) is 38.6 Å². The first-order valence-electron chi connectivity index (χ1n) is 6.35. The van der Waals surface area contributed by atoms with Crippen LogP contribution in [-0.4, -0.2) is 54.3 Å². The van der Waals surface area contributed by atoms with E-state index in [-0.39, 0.29) is 18.3 Å². The van der Waals surface area contributed by atoms with E-state index in [4.69, 9.17) is 11.6 Å². The average Bonchev–Trinajstić information content (AvgIpc) is 2.40. The number of aryl methyl sites for hydroxylation is 1. The topological polar surface area (TPSA) is 23.6 Å². The number of halogens is 2. The van der Waals surface area contributed by atoms with Crippen LogP contribution in [0.25, 0.3) is 0 Å². The van der Waals surface area contributed by atoms with Crippen molar-refractivity contribution in [3.05, 3.63) is 35.4 Å². The zero-order valence-electron chi connectivity index (χ0n) is 11.1. The first kappa shape index (κ1) is 16.3. The summed E-state index contributed by atoms with van der Waals surface area (Å²) in [6.07, 6.45) is 0. The van der Waals surface area contributed by atoms with E-state index in [2.05, 4.69) is 4.90 Å². The zero-order valence-corrected chi connectivity index (χ0v) is 12.7. The van der Waals surface area contributed by atoms with E-state index in [0.717, 1.165) is 43.9 Å². The first-order chi connectivity index (χ1) is 8.72. The molecule has 0 bridgehead atoms. The van der Waals surface area contributed by atoms with Gasteiger partial charge in [-0.3, -0.25) is 9.69 Å². The number of rotatable bonds is 3. The maximum atomic E-state index is 12.4. The van der Waals surface area contributed by atoms with Gasteiger partial charge in [-0.2, -0.15) is 0 Å². The number of carbonyl (C=O) groups excluding carboxylic acids is 1. The molecule has 1 saturated heterocycles. The fourth-order valence-electron chi connectivity index (χ4n) is 2.28.